The number of rotatable bonds is 5. The number of pyridine rings is 1. The summed E-state index contributed by atoms with van der Waals surface area (Å²) >= 11 is 0. The van der Waals surface area contributed by atoms with Crippen LogP contribution in [-0.4, -0.2) is 32.2 Å². The zero-order valence-electron chi connectivity index (χ0n) is 15.1. The lowest BCUT2D eigenvalue weighted by molar-refractivity contribution is 0.102. The van der Waals surface area contributed by atoms with Crippen LogP contribution >= 0.6 is 0 Å². The fourth-order valence-corrected chi connectivity index (χ4v) is 3.23. The number of H-pyrrole nitrogens is 1. The number of ether oxygens (including phenoxy) is 3. The maximum atomic E-state index is 12.7. The molecule has 1 aromatic carbocycles. The first-order valence-corrected chi connectivity index (χ1v) is 8.44. The quantitative estimate of drug-likeness (QED) is 0.857. The van der Waals surface area contributed by atoms with Crippen molar-refractivity contribution in [2.24, 2.45) is 0 Å². The predicted molar refractivity (Wildman–Crippen MR) is 97.8 cm³/mol. The van der Waals surface area contributed by atoms with E-state index in [9.17, 15) is 9.59 Å². The van der Waals surface area contributed by atoms with Gasteiger partial charge in [0.15, 0.2) is 11.5 Å². The van der Waals surface area contributed by atoms with Gasteiger partial charge in [-0.2, -0.15) is 0 Å². The summed E-state index contributed by atoms with van der Waals surface area (Å²) in [6.07, 6.45) is 3.82. The second kappa shape index (κ2) is 7.51. The zero-order valence-corrected chi connectivity index (χ0v) is 15.1. The summed E-state index contributed by atoms with van der Waals surface area (Å²) in [6, 6.07) is 4.99. The number of benzene rings is 1. The highest BCUT2D eigenvalue weighted by Crippen LogP contribution is 2.42. The van der Waals surface area contributed by atoms with Crippen LogP contribution < -0.4 is 25.1 Å². The van der Waals surface area contributed by atoms with Crippen LogP contribution in [0.2, 0.25) is 0 Å². The van der Waals surface area contributed by atoms with Crippen LogP contribution in [0.5, 0.6) is 17.2 Å². The summed E-state index contributed by atoms with van der Waals surface area (Å²) in [4.78, 5) is 27.8. The number of aromatic nitrogens is 1. The highest BCUT2D eigenvalue weighted by Gasteiger charge is 2.21. The SMILES string of the molecule is COc1ccc(NC(=O)c2cc3c([nH]c2=O)CCCC3)c(OC)c1OC. The van der Waals surface area contributed by atoms with Crippen molar-refractivity contribution in [3.8, 4) is 17.2 Å². The summed E-state index contributed by atoms with van der Waals surface area (Å²) < 4.78 is 15.9. The number of methoxy groups -OCH3 is 3. The van der Waals surface area contributed by atoms with E-state index in [1.165, 1.54) is 21.3 Å². The third kappa shape index (κ3) is 3.24. The number of carbonyl (C=O) groups is 1. The molecule has 1 aliphatic carbocycles. The Balaban J connectivity index is 1.95. The smallest absolute Gasteiger partial charge is 0.261 e. The molecule has 1 aliphatic rings. The number of aromatic amines is 1. The maximum absolute atomic E-state index is 12.7. The number of nitrogens with one attached hydrogen (secondary N) is 2. The first kappa shape index (κ1) is 17.8. The molecule has 0 fully saturated rings. The van der Waals surface area contributed by atoms with Crippen LogP contribution in [0.15, 0.2) is 23.0 Å². The van der Waals surface area contributed by atoms with Crippen LogP contribution in [0.25, 0.3) is 0 Å². The summed E-state index contributed by atoms with van der Waals surface area (Å²) in [5, 5.41) is 2.73. The van der Waals surface area contributed by atoms with Gasteiger partial charge in [-0.1, -0.05) is 0 Å². The van der Waals surface area contributed by atoms with Crippen molar-refractivity contribution in [3.05, 3.63) is 45.4 Å². The van der Waals surface area contributed by atoms with Crippen LogP contribution in [0.1, 0.15) is 34.5 Å². The number of fused-ring (bicyclic) bond motifs is 1. The molecule has 2 N–H and O–H groups in total. The topological polar surface area (TPSA) is 89.7 Å². The molecule has 1 heterocycles. The van der Waals surface area contributed by atoms with E-state index in [1.807, 2.05) is 0 Å². The average Bonchev–Trinajstić information content (AvgIpc) is 2.66. The summed E-state index contributed by atoms with van der Waals surface area (Å²) in [7, 11) is 4.47. The number of amides is 1. The van der Waals surface area contributed by atoms with Crippen molar-refractivity contribution >= 4 is 11.6 Å². The second-order valence-corrected chi connectivity index (χ2v) is 6.06. The number of anilines is 1. The lowest BCUT2D eigenvalue weighted by Crippen LogP contribution is -2.26. The molecule has 1 aromatic heterocycles. The third-order valence-corrected chi connectivity index (χ3v) is 4.54. The molecule has 1 amide bonds. The van der Waals surface area contributed by atoms with Crippen molar-refractivity contribution in [2.75, 3.05) is 26.6 Å². The molecule has 138 valence electrons. The fourth-order valence-electron chi connectivity index (χ4n) is 3.23. The van der Waals surface area contributed by atoms with Crippen molar-refractivity contribution in [2.45, 2.75) is 25.7 Å². The Bertz CT molecular complexity index is 888. The molecule has 3 rings (SSSR count). The van der Waals surface area contributed by atoms with E-state index in [0.717, 1.165) is 36.9 Å². The molecule has 0 radical (unpaired) electrons. The first-order chi connectivity index (χ1) is 12.6. The Morgan fingerprint density at radius 3 is 2.46 bits per heavy atom. The normalized spacial score (nSPS) is 12.9. The van der Waals surface area contributed by atoms with Crippen LogP contribution in [-0.2, 0) is 12.8 Å². The zero-order chi connectivity index (χ0) is 18.7. The minimum absolute atomic E-state index is 0.0856. The van der Waals surface area contributed by atoms with Crippen molar-refractivity contribution in [1.82, 2.24) is 4.98 Å². The molecule has 0 unspecified atom stereocenters. The number of hydrogen-bond donors (Lipinski definition) is 2. The van der Waals surface area contributed by atoms with E-state index in [1.54, 1.807) is 18.2 Å². The van der Waals surface area contributed by atoms with Gasteiger partial charge in [-0.05, 0) is 49.4 Å². The Labute approximate surface area is 151 Å². The predicted octanol–water partition coefficient (Wildman–Crippen LogP) is 2.53. The van der Waals surface area contributed by atoms with Gasteiger partial charge in [0.2, 0.25) is 5.75 Å². The molecule has 0 spiro atoms. The number of aryl methyl sites for hydroxylation is 2. The lowest BCUT2D eigenvalue weighted by Gasteiger charge is -2.17. The van der Waals surface area contributed by atoms with Crippen LogP contribution in [0, 0.1) is 0 Å². The minimum Gasteiger partial charge on any atom is -0.493 e. The molecular weight excluding hydrogens is 336 g/mol. The van der Waals surface area contributed by atoms with E-state index in [0.29, 0.717) is 22.9 Å². The summed E-state index contributed by atoms with van der Waals surface area (Å²) in [6.45, 7) is 0. The fraction of sp³-hybridized carbons (Fsp3) is 0.368. The van der Waals surface area contributed by atoms with E-state index < -0.39 is 5.91 Å². The highest BCUT2D eigenvalue weighted by molar-refractivity contribution is 6.05. The Hall–Kier alpha value is -2.96. The van der Waals surface area contributed by atoms with Crippen molar-refractivity contribution in [1.29, 1.82) is 0 Å². The molecule has 2 aromatic rings. The Morgan fingerprint density at radius 1 is 1.04 bits per heavy atom. The lowest BCUT2D eigenvalue weighted by atomic mass is 9.95. The first-order valence-electron chi connectivity index (χ1n) is 8.44. The van der Waals surface area contributed by atoms with Crippen LogP contribution in [0.4, 0.5) is 5.69 Å². The van der Waals surface area contributed by atoms with Gasteiger partial charge in [0.25, 0.3) is 11.5 Å². The van der Waals surface area contributed by atoms with Gasteiger partial charge in [-0.15, -0.1) is 0 Å². The molecular formula is C19H22N2O5. The van der Waals surface area contributed by atoms with Gasteiger partial charge in [-0.3, -0.25) is 9.59 Å². The van der Waals surface area contributed by atoms with Crippen molar-refractivity contribution < 1.29 is 19.0 Å². The van der Waals surface area contributed by atoms with E-state index in [2.05, 4.69) is 10.3 Å². The summed E-state index contributed by atoms with van der Waals surface area (Å²) in [5.74, 6) is 0.681. The average molecular weight is 358 g/mol. The number of carbonyl (C=O) groups excluding carboxylic acids is 1. The van der Waals surface area contributed by atoms with Gasteiger partial charge in [0.05, 0.1) is 27.0 Å². The second-order valence-electron chi connectivity index (χ2n) is 6.06. The molecule has 7 heteroatoms. The number of hydrogen-bond acceptors (Lipinski definition) is 5. The summed E-state index contributed by atoms with van der Waals surface area (Å²) in [5.41, 5.74) is 2.05. The van der Waals surface area contributed by atoms with Gasteiger partial charge in [-0.25, -0.2) is 0 Å². The molecule has 0 atom stereocenters. The molecule has 7 nitrogen and oxygen atoms in total. The molecule has 0 saturated heterocycles. The highest BCUT2D eigenvalue weighted by atomic mass is 16.5. The maximum Gasteiger partial charge on any atom is 0.261 e. The van der Waals surface area contributed by atoms with Gasteiger partial charge < -0.3 is 24.5 Å². The van der Waals surface area contributed by atoms with Gasteiger partial charge >= 0.3 is 0 Å². The van der Waals surface area contributed by atoms with Crippen molar-refractivity contribution in [3.63, 3.8) is 0 Å². The van der Waals surface area contributed by atoms with E-state index in [-0.39, 0.29) is 11.1 Å². The largest absolute Gasteiger partial charge is 0.493 e. The van der Waals surface area contributed by atoms with E-state index >= 15 is 0 Å². The Kier molecular flexibility index (Phi) is 5.16. The molecule has 0 aliphatic heterocycles. The van der Waals surface area contributed by atoms with Gasteiger partial charge in [0.1, 0.15) is 5.56 Å². The van der Waals surface area contributed by atoms with E-state index in [4.69, 9.17) is 14.2 Å². The Morgan fingerprint density at radius 2 is 1.77 bits per heavy atom. The third-order valence-electron chi connectivity index (χ3n) is 4.54. The molecule has 0 saturated carbocycles. The molecule has 0 bridgehead atoms. The minimum atomic E-state index is -0.495. The van der Waals surface area contributed by atoms with Crippen LogP contribution in [0.3, 0.4) is 0 Å². The monoisotopic (exact) mass is 358 g/mol. The van der Waals surface area contributed by atoms with Gasteiger partial charge in [0, 0.05) is 5.69 Å². The standard InChI is InChI=1S/C19H22N2O5/c1-24-15-9-8-14(16(25-2)17(15)26-3)21-19(23)12-10-11-6-4-5-7-13(11)20-18(12)22/h8-10H,4-7H2,1-3H3,(H,20,22)(H,21,23). The molecule has 26 heavy (non-hydrogen) atoms.